The zero-order chi connectivity index (χ0) is 21.5. The number of benzene rings is 1. The Labute approximate surface area is 183 Å². The first-order chi connectivity index (χ1) is 15.2. The Bertz CT molecular complexity index is 984. The Morgan fingerprint density at radius 3 is 2.52 bits per heavy atom. The number of hydrogen-bond donors (Lipinski definition) is 0. The molecule has 0 radical (unpaired) electrons. The molecule has 0 spiro atoms. The van der Waals surface area contributed by atoms with Crippen LogP contribution >= 0.6 is 0 Å². The molecule has 0 saturated carbocycles. The number of aromatic nitrogens is 2. The van der Waals surface area contributed by atoms with Gasteiger partial charge in [0, 0.05) is 63.4 Å². The van der Waals surface area contributed by atoms with Crippen LogP contribution in [-0.2, 0) is 12.8 Å². The highest BCUT2D eigenvalue weighted by Gasteiger charge is 2.22. The van der Waals surface area contributed by atoms with Crippen molar-refractivity contribution >= 4 is 6.09 Å². The van der Waals surface area contributed by atoms with E-state index in [-0.39, 0.29) is 6.09 Å². The van der Waals surface area contributed by atoms with Gasteiger partial charge >= 0.3 is 6.09 Å². The molecular formula is C25H28N4O2. The zero-order valence-corrected chi connectivity index (χ0v) is 17.9. The maximum atomic E-state index is 12.5. The third-order valence-corrected chi connectivity index (χ3v) is 5.56. The number of hydrogen-bond acceptors (Lipinski definition) is 5. The molecule has 3 aromatic rings. The Morgan fingerprint density at radius 2 is 1.81 bits per heavy atom. The fourth-order valence-corrected chi connectivity index (χ4v) is 3.73. The molecule has 0 bridgehead atoms. The first kappa shape index (κ1) is 21.0. The summed E-state index contributed by atoms with van der Waals surface area (Å²) in [4.78, 5) is 25.3. The lowest BCUT2D eigenvalue weighted by Crippen LogP contribution is -2.49. The molecule has 0 atom stereocenters. The van der Waals surface area contributed by atoms with Crippen molar-refractivity contribution in [2.45, 2.75) is 19.8 Å². The molecule has 1 aliphatic heterocycles. The van der Waals surface area contributed by atoms with Crippen molar-refractivity contribution in [2.24, 2.45) is 0 Å². The van der Waals surface area contributed by atoms with Gasteiger partial charge in [-0.3, -0.25) is 14.9 Å². The maximum absolute atomic E-state index is 12.5. The van der Waals surface area contributed by atoms with E-state index in [4.69, 9.17) is 4.74 Å². The number of carbonyl (C=O) groups excluding carboxylic acids is 1. The van der Waals surface area contributed by atoms with Crippen molar-refractivity contribution in [3.8, 4) is 5.75 Å². The van der Waals surface area contributed by atoms with Crippen LogP contribution in [0, 0.1) is 6.92 Å². The van der Waals surface area contributed by atoms with Gasteiger partial charge in [-0.25, -0.2) is 4.79 Å². The van der Waals surface area contributed by atoms with Gasteiger partial charge in [0.25, 0.3) is 0 Å². The van der Waals surface area contributed by atoms with Crippen LogP contribution < -0.4 is 4.74 Å². The lowest BCUT2D eigenvalue weighted by molar-refractivity contribution is 0.111. The number of ether oxygens (including phenoxy) is 1. The van der Waals surface area contributed by atoms with Gasteiger partial charge in [0.1, 0.15) is 5.75 Å². The molecular weight excluding hydrogens is 388 g/mol. The first-order valence-electron chi connectivity index (χ1n) is 10.7. The summed E-state index contributed by atoms with van der Waals surface area (Å²) in [5.74, 6) is 0.574. The van der Waals surface area contributed by atoms with Crippen LogP contribution in [0.4, 0.5) is 4.79 Å². The third-order valence-electron chi connectivity index (χ3n) is 5.56. The summed E-state index contributed by atoms with van der Waals surface area (Å²) < 4.78 is 5.59. The third kappa shape index (κ3) is 6.12. The molecule has 4 rings (SSSR count). The number of amides is 1. The number of aryl methyl sites for hydroxylation is 1. The molecule has 160 valence electrons. The first-order valence-corrected chi connectivity index (χ1v) is 10.7. The SMILES string of the molecule is Cc1ccnc(Cc2ccc(OC(=O)N3CCN(CCc4cccnc4)CC3)cc2)c1. The normalized spacial score (nSPS) is 14.4. The zero-order valence-electron chi connectivity index (χ0n) is 17.9. The van der Waals surface area contributed by atoms with Gasteiger partial charge in [-0.05, 0) is 60.4 Å². The molecule has 1 saturated heterocycles. The summed E-state index contributed by atoms with van der Waals surface area (Å²) >= 11 is 0. The lowest BCUT2D eigenvalue weighted by atomic mass is 10.1. The highest BCUT2D eigenvalue weighted by molar-refractivity contribution is 5.70. The van der Waals surface area contributed by atoms with Gasteiger partial charge in [0.2, 0.25) is 0 Å². The van der Waals surface area contributed by atoms with E-state index in [1.165, 1.54) is 11.1 Å². The Hall–Kier alpha value is -3.25. The van der Waals surface area contributed by atoms with E-state index in [1.807, 2.05) is 48.8 Å². The molecule has 1 aromatic carbocycles. The smallest absolute Gasteiger partial charge is 0.410 e. The second-order valence-corrected chi connectivity index (χ2v) is 7.95. The number of piperazine rings is 1. The van der Waals surface area contributed by atoms with Crippen molar-refractivity contribution < 1.29 is 9.53 Å². The molecule has 6 heteroatoms. The summed E-state index contributed by atoms with van der Waals surface area (Å²) in [6.45, 7) is 6.13. The van der Waals surface area contributed by atoms with E-state index >= 15 is 0 Å². The fourth-order valence-electron chi connectivity index (χ4n) is 3.73. The molecule has 1 amide bonds. The molecule has 6 nitrogen and oxygen atoms in total. The van der Waals surface area contributed by atoms with Gasteiger partial charge in [0.05, 0.1) is 0 Å². The molecule has 1 fully saturated rings. The second-order valence-electron chi connectivity index (χ2n) is 7.95. The Kier molecular flexibility index (Phi) is 6.89. The van der Waals surface area contributed by atoms with E-state index in [2.05, 4.69) is 33.9 Å². The van der Waals surface area contributed by atoms with Crippen LogP contribution in [0.3, 0.4) is 0 Å². The van der Waals surface area contributed by atoms with Crippen molar-refractivity contribution in [2.75, 3.05) is 32.7 Å². The fraction of sp³-hybridized carbons (Fsp3) is 0.320. The van der Waals surface area contributed by atoms with Crippen LogP contribution in [0.1, 0.15) is 22.4 Å². The quantitative estimate of drug-likeness (QED) is 0.613. The molecule has 0 unspecified atom stereocenters. The average molecular weight is 417 g/mol. The van der Waals surface area contributed by atoms with Crippen molar-refractivity contribution in [1.82, 2.24) is 19.8 Å². The minimum Gasteiger partial charge on any atom is -0.410 e. The van der Waals surface area contributed by atoms with E-state index < -0.39 is 0 Å². The largest absolute Gasteiger partial charge is 0.415 e. The lowest BCUT2D eigenvalue weighted by Gasteiger charge is -2.34. The molecule has 0 N–H and O–H groups in total. The predicted octanol–water partition coefficient (Wildman–Crippen LogP) is 3.73. The van der Waals surface area contributed by atoms with E-state index in [0.717, 1.165) is 43.7 Å². The Morgan fingerprint density at radius 1 is 1.00 bits per heavy atom. The molecule has 1 aliphatic rings. The van der Waals surface area contributed by atoms with E-state index in [9.17, 15) is 4.79 Å². The standard InChI is InChI=1S/C25H28N4O2/c1-20-8-11-27-23(17-20)18-21-4-6-24(7-5-21)31-25(30)29-15-13-28(14-16-29)12-9-22-3-2-10-26-19-22/h2-8,10-11,17,19H,9,12-16,18H2,1H3. The van der Waals surface area contributed by atoms with E-state index in [0.29, 0.717) is 18.8 Å². The van der Waals surface area contributed by atoms with Crippen molar-refractivity contribution in [3.05, 3.63) is 89.5 Å². The summed E-state index contributed by atoms with van der Waals surface area (Å²) in [6.07, 6.45) is 7.00. The summed E-state index contributed by atoms with van der Waals surface area (Å²) in [5.41, 5.74) is 4.62. The van der Waals surface area contributed by atoms with Crippen LogP contribution in [0.15, 0.2) is 67.1 Å². The van der Waals surface area contributed by atoms with Gasteiger partial charge in [0.15, 0.2) is 0 Å². The van der Waals surface area contributed by atoms with Crippen LogP contribution in [0.25, 0.3) is 0 Å². The maximum Gasteiger partial charge on any atom is 0.415 e. The molecule has 0 aliphatic carbocycles. The number of pyridine rings is 2. The van der Waals surface area contributed by atoms with Gasteiger partial charge in [-0.15, -0.1) is 0 Å². The topological polar surface area (TPSA) is 58.6 Å². The van der Waals surface area contributed by atoms with Crippen molar-refractivity contribution in [1.29, 1.82) is 0 Å². The average Bonchev–Trinajstić information content (AvgIpc) is 2.80. The monoisotopic (exact) mass is 416 g/mol. The highest BCUT2D eigenvalue weighted by Crippen LogP contribution is 2.16. The van der Waals surface area contributed by atoms with Crippen LogP contribution in [0.2, 0.25) is 0 Å². The minimum atomic E-state index is -0.278. The predicted molar refractivity (Wildman–Crippen MR) is 120 cm³/mol. The Balaban J connectivity index is 1.22. The number of carbonyl (C=O) groups is 1. The molecule has 2 aromatic heterocycles. The van der Waals surface area contributed by atoms with Gasteiger partial charge in [-0.2, -0.15) is 0 Å². The highest BCUT2D eigenvalue weighted by atomic mass is 16.6. The number of nitrogens with zero attached hydrogens (tertiary/aromatic N) is 4. The summed E-state index contributed by atoms with van der Waals surface area (Å²) in [5, 5.41) is 0. The molecule has 3 heterocycles. The van der Waals surface area contributed by atoms with Gasteiger partial charge < -0.3 is 9.64 Å². The second kappa shape index (κ2) is 10.2. The molecule has 31 heavy (non-hydrogen) atoms. The summed E-state index contributed by atoms with van der Waals surface area (Å²) in [6, 6.07) is 15.8. The summed E-state index contributed by atoms with van der Waals surface area (Å²) in [7, 11) is 0. The van der Waals surface area contributed by atoms with E-state index in [1.54, 1.807) is 11.1 Å². The number of rotatable bonds is 6. The minimum absolute atomic E-state index is 0.278. The van der Waals surface area contributed by atoms with Crippen LogP contribution in [-0.4, -0.2) is 58.6 Å². The van der Waals surface area contributed by atoms with Gasteiger partial charge in [-0.1, -0.05) is 18.2 Å². The van der Waals surface area contributed by atoms with Crippen LogP contribution in [0.5, 0.6) is 5.75 Å². The van der Waals surface area contributed by atoms with Crippen molar-refractivity contribution in [3.63, 3.8) is 0 Å².